The maximum Gasteiger partial charge on any atom is 0.339 e. The van der Waals surface area contributed by atoms with Crippen LogP contribution >= 0.6 is 11.6 Å². The van der Waals surface area contributed by atoms with Crippen molar-refractivity contribution < 1.29 is 27.5 Å². The van der Waals surface area contributed by atoms with E-state index in [2.05, 4.69) is 4.74 Å². The van der Waals surface area contributed by atoms with Crippen LogP contribution in [-0.2, 0) is 24.1 Å². The molecule has 1 aromatic carbocycles. The summed E-state index contributed by atoms with van der Waals surface area (Å²) in [5, 5.41) is 0.0562. The fourth-order valence-corrected chi connectivity index (χ4v) is 4.35. The van der Waals surface area contributed by atoms with Gasteiger partial charge in [-0.15, -0.1) is 0 Å². The second-order valence-corrected chi connectivity index (χ2v) is 10.5. The van der Waals surface area contributed by atoms with E-state index in [0.717, 1.165) is 6.26 Å². The number of carbonyl (C=O) groups excluding carboxylic acids is 2. The first-order valence-corrected chi connectivity index (χ1v) is 11.4. The van der Waals surface area contributed by atoms with Gasteiger partial charge in [0.1, 0.15) is 5.60 Å². The Kier molecular flexibility index (Phi) is 6.86. The van der Waals surface area contributed by atoms with Crippen molar-refractivity contribution in [2.75, 3.05) is 24.8 Å². The number of hydrogen-bond acceptors (Lipinski definition) is 8. The van der Waals surface area contributed by atoms with E-state index in [4.69, 9.17) is 22.1 Å². The molecular weight excluding hydrogens is 420 g/mol. The van der Waals surface area contributed by atoms with Gasteiger partial charge in [0.25, 0.3) is 0 Å². The van der Waals surface area contributed by atoms with Gasteiger partial charge in [0.05, 0.1) is 40.4 Å². The van der Waals surface area contributed by atoms with Crippen LogP contribution < -0.4 is 10.6 Å². The zero-order chi connectivity index (χ0) is 22.1. The molecule has 1 fully saturated rings. The van der Waals surface area contributed by atoms with Crippen molar-refractivity contribution in [1.29, 1.82) is 0 Å². The molecule has 0 amide bonds. The number of carbonyl (C=O) groups is 2. The topological polar surface area (TPSA) is 116 Å². The molecule has 0 aromatic heterocycles. The predicted octanol–water partition coefficient (Wildman–Crippen LogP) is 2.37. The van der Waals surface area contributed by atoms with Gasteiger partial charge in [-0.1, -0.05) is 11.6 Å². The number of hydrogen-bond donors (Lipinski definition) is 1. The molecule has 1 saturated heterocycles. The molecule has 1 aromatic rings. The normalized spacial score (nSPS) is 20.3. The third kappa shape index (κ3) is 5.61. The Balaban J connectivity index is 2.37. The van der Waals surface area contributed by atoms with E-state index in [1.807, 2.05) is 0 Å². The Morgan fingerprint density at radius 2 is 1.90 bits per heavy atom. The standard InChI is InChI=1S/C19H27ClN2O6S/c1-19(2,3)28-17(23)11-6-7-22(16(21)8-11)14-10-13(20)12(18(24)27-4)9-15(14)29(5,25)26/h9-11,16H,6-8,21H2,1-5H3. The average Bonchev–Trinajstić information content (AvgIpc) is 2.58. The lowest BCUT2D eigenvalue weighted by atomic mass is 9.94. The molecule has 1 heterocycles. The summed E-state index contributed by atoms with van der Waals surface area (Å²) in [7, 11) is -2.51. The van der Waals surface area contributed by atoms with Crippen molar-refractivity contribution in [2.24, 2.45) is 11.7 Å². The summed E-state index contributed by atoms with van der Waals surface area (Å²) in [6.07, 6.45) is 1.16. The van der Waals surface area contributed by atoms with Crippen LogP contribution in [0.4, 0.5) is 5.69 Å². The monoisotopic (exact) mass is 446 g/mol. The lowest BCUT2D eigenvalue weighted by molar-refractivity contribution is -0.161. The number of rotatable bonds is 4. The highest BCUT2D eigenvalue weighted by Gasteiger charge is 2.35. The molecule has 0 saturated carbocycles. The van der Waals surface area contributed by atoms with E-state index in [0.29, 0.717) is 25.1 Å². The second kappa shape index (κ2) is 8.49. The summed E-state index contributed by atoms with van der Waals surface area (Å²) in [5.74, 6) is -1.44. The highest BCUT2D eigenvalue weighted by Crippen LogP contribution is 2.36. The molecule has 0 aliphatic carbocycles. The maximum atomic E-state index is 12.4. The molecule has 8 nitrogen and oxygen atoms in total. The molecule has 0 bridgehead atoms. The molecule has 162 valence electrons. The summed E-state index contributed by atoms with van der Waals surface area (Å²) >= 11 is 6.21. The first kappa shape index (κ1) is 23.4. The quantitative estimate of drug-likeness (QED) is 0.700. The van der Waals surface area contributed by atoms with Crippen LogP contribution in [0.5, 0.6) is 0 Å². The highest BCUT2D eigenvalue weighted by atomic mass is 35.5. The summed E-state index contributed by atoms with van der Waals surface area (Å²) in [6, 6.07) is 2.60. The summed E-state index contributed by atoms with van der Waals surface area (Å²) < 4.78 is 34.8. The molecule has 1 aliphatic heterocycles. The third-order valence-electron chi connectivity index (χ3n) is 4.55. The Morgan fingerprint density at radius 1 is 1.28 bits per heavy atom. The van der Waals surface area contributed by atoms with Gasteiger partial charge in [-0.05, 0) is 45.7 Å². The fourth-order valence-electron chi connectivity index (χ4n) is 3.23. The van der Waals surface area contributed by atoms with Gasteiger partial charge < -0.3 is 20.1 Å². The highest BCUT2D eigenvalue weighted by molar-refractivity contribution is 7.90. The predicted molar refractivity (Wildman–Crippen MR) is 110 cm³/mol. The van der Waals surface area contributed by atoms with Crippen LogP contribution in [-0.4, -0.2) is 52.0 Å². The largest absolute Gasteiger partial charge is 0.465 e. The van der Waals surface area contributed by atoms with Gasteiger partial charge in [-0.3, -0.25) is 4.79 Å². The number of esters is 2. The molecule has 0 radical (unpaired) electrons. The van der Waals surface area contributed by atoms with Crippen LogP contribution in [0, 0.1) is 5.92 Å². The number of benzene rings is 1. The average molecular weight is 447 g/mol. The molecular formula is C19H27ClN2O6S. The van der Waals surface area contributed by atoms with Gasteiger partial charge in [-0.2, -0.15) is 0 Å². The maximum absolute atomic E-state index is 12.4. The van der Waals surface area contributed by atoms with Crippen molar-refractivity contribution in [2.45, 2.75) is 50.3 Å². The second-order valence-electron chi connectivity index (χ2n) is 8.08. The molecule has 2 rings (SSSR count). The lowest BCUT2D eigenvalue weighted by Gasteiger charge is -2.39. The molecule has 10 heteroatoms. The summed E-state index contributed by atoms with van der Waals surface area (Å²) in [5.41, 5.74) is 5.93. The van der Waals surface area contributed by atoms with Crippen molar-refractivity contribution >= 4 is 39.1 Å². The number of ether oxygens (including phenoxy) is 2. The summed E-state index contributed by atoms with van der Waals surface area (Å²) in [4.78, 5) is 25.9. The molecule has 2 N–H and O–H groups in total. The number of nitrogens with two attached hydrogens (primary N) is 1. The lowest BCUT2D eigenvalue weighted by Crippen LogP contribution is -2.50. The van der Waals surface area contributed by atoms with Crippen molar-refractivity contribution in [3.05, 3.63) is 22.7 Å². The van der Waals surface area contributed by atoms with E-state index < -0.39 is 27.6 Å². The van der Waals surface area contributed by atoms with E-state index in [-0.39, 0.29) is 27.4 Å². The van der Waals surface area contributed by atoms with Crippen molar-refractivity contribution in [1.82, 2.24) is 0 Å². The smallest absolute Gasteiger partial charge is 0.339 e. The van der Waals surface area contributed by atoms with Crippen LogP contribution in [0.3, 0.4) is 0 Å². The summed E-state index contributed by atoms with van der Waals surface area (Å²) in [6.45, 7) is 5.72. The number of anilines is 1. The molecule has 0 spiro atoms. The first-order valence-electron chi connectivity index (χ1n) is 9.11. The first-order chi connectivity index (χ1) is 13.2. The minimum atomic E-state index is -3.70. The molecule has 29 heavy (non-hydrogen) atoms. The number of piperidine rings is 1. The third-order valence-corrected chi connectivity index (χ3v) is 5.99. The van der Waals surface area contributed by atoms with Gasteiger partial charge in [0, 0.05) is 12.8 Å². The molecule has 2 unspecified atom stereocenters. The number of halogens is 1. The van der Waals surface area contributed by atoms with E-state index in [9.17, 15) is 18.0 Å². The Bertz CT molecular complexity index is 910. The molecule has 2 atom stereocenters. The molecule has 1 aliphatic rings. The number of methoxy groups -OCH3 is 1. The number of sulfone groups is 1. The van der Waals surface area contributed by atoms with Crippen LogP contribution in [0.2, 0.25) is 5.02 Å². The fraction of sp³-hybridized carbons (Fsp3) is 0.579. The van der Waals surface area contributed by atoms with Crippen LogP contribution in [0.1, 0.15) is 44.0 Å². The van der Waals surface area contributed by atoms with Gasteiger partial charge in [0.2, 0.25) is 0 Å². The zero-order valence-corrected chi connectivity index (χ0v) is 18.8. The van der Waals surface area contributed by atoms with Crippen LogP contribution in [0.15, 0.2) is 17.0 Å². The van der Waals surface area contributed by atoms with Gasteiger partial charge >= 0.3 is 11.9 Å². The van der Waals surface area contributed by atoms with E-state index in [1.54, 1.807) is 25.7 Å². The zero-order valence-electron chi connectivity index (χ0n) is 17.2. The number of nitrogens with zero attached hydrogens (tertiary/aromatic N) is 1. The Hall–Kier alpha value is -1.84. The minimum Gasteiger partial charge on any atom is -0.465 e. The Labute approximate surface area is 176 Å². The van der Waals surface area contributed by atoms with Crippen LogP contribution in [0.25, 0.3) is 0 Å². The van der Waals surface area contributed by atoms with E-state index >= 15 is 0 Å². The Morgan fingerprint density at radius 3 is 2.38 bits per heavy atom. The van der Waals surface area contributed by atoms with Gasteiger partial charge in [0.15, 0.2) is 9.84 Å². The van der Waals surface area contributed by atoms with Crippen molar-refractivity contribution in [3.8, 4) is 0 Å². The van der Waals surface area contributed by atoms with E-state index in [1.165, 1.54) is 19.2 Å². The van der Waals surface area contributed by atoms with Crippen molar-refractivity contribution in [3.63, 3.8) is 0 Å². The minimum absolute atomic E-state index is 0.0458. The SMILES string of the molecule is COC(=O)c1cc(S(C)(=O)=O)c(N2CCC(C(=O)OC(C)(C)C)CC2N)cc1Cl. The van der Waals surface area contributed by atoms with Gasteiger partial charge in [-0.25, -0.2) is 13.2 Å².